The molecule has 2 aliphatic rings. The molecule has 0 aromatic heterocycles. The van der Waals surface area contributed by atoms with Gasteiger partial charge in [-0.05, 0) is 43.9 Å². The first-order chi connectivity index (χ1) is 8.69. The van der Waals surface area contributed by atoms with Gasteiger partial charge in [0.2, 0.25) is 0 Å². The molecule has 2 nitrogen and oxygen atoms in total. The molecule has 0 bridgehead atoms. The molecule has 2 heteroatoms. The van der Waals surface area contributed by atoms with Crippen molar-refractivity contribution in [2.45, 2.75) is 71.4 Å². The third-order valence-electron chi connectivity index (χ3n) is 4.95. The molecule has 2 fully saturated rings. The van der Waals surface area contributed by atoms with Crippen LogP contribution in [0.3, 0.4) is 0 Å². The summed E-state index contributed by atoms with van der Waals surface area (Å²) in [4.78, 5) is 2.79. The summed E-state index contributed by atoms with van der Waals surface area (Å²) in [5.74, 6) is 1.84. The quantitative estimate of drug-likeness (QED) is 0.826. The Kier molecular flexibility index (Phi) is 5.50. The van der Waals surface area contributed by atoms with Crippen LogP contribution in [0.2, 0.25) is 0 Å². The Morgan fingerprint density at radius 1 is 1.17 bits per heavy atom. The molecule has 1 aliphatic carbocycles. The molecule has 0 radical (unpaired) electrons. The van der Waals surface area contributed by atoms with Crippen LogP contribution in [-0.4, -0.2) is 36.6 Å². The Morgan fingerprint density at radius 2 is 1.89 bits per heavy atom. The van der Waals surface area contributed by atoms with E-state index in [1.807, 2.05) is 0 Å². The normalized spacial score (nSPS) is 35.0. The van der Waals surface area contributed by atoms with Gasteiger partial charge in [-0.2, -0.15) is 0 Å². The van der Waals surface area contributed by atoms with Crippen LogP contribution >= 0.6 is 0 Å². The van der Waals surface area contributed by atoms with E-state index in [9.17, 15) is 0 Å². The standard InChI is InChI=1S/C16H32N2/c1-4-14-5-7-16(8-6-14)18-10-9-17-15(12-18)11-13(2)3/h13-17H,4-12H2,1-3H3. The molecule has 1 atom stereocenters. The van der Waals surface area contributed by atoms with Gasteiger partial charge in [-0.15, -0.1) is 0 Å². The Labute approximate surface area is 114 Å². The third-order valence-corrected chi connectivity index (χ3v) is 4.95. The summed E-state index contributed by atoms with van der Waals surface area (Å²) in [5, 5.41) is 3.70. The topological polar surface area (TPSA) is 15.3 Å². The number of rotatable bonds is 4. The lowest BCUT2D eigenvalue weighted by Crippen LogP contribution is -2.54. The highest BCUT2D eigenvalue weighted by atomic mass is 15.2. The summed E-state index contributed by atoms with van der Waals surface area (Å²) in [7, 11) is 0. The van der Waals surface area contributed by atoms with Crippen LogP contribution in [0.15, 0.2) is 0 Å². The lowest BCUT2D eigenvalue weighted by Gasteiger charge is -2.42. The predicted octanol–water partition coefficient (Wildman–Crippen LogP) is 3.28. The van der Waals surface area contributed by atoms with Gasteiger partial charge in [0.1, 0.15) is 0 Å². The molecule has 1 saturated carbocycles. The molecule has 0 aromatic carbocycles. The van der Waals surface area contributed by atoms with E-state index >= 15 is 0 Å². The van der Waals surface area contributed by atoms with Crippen LogP contribution in [0.5, 0.6) is 0 Å². The molecule has 106 valence electrons. The summed E-state index contributed by atoms with van der Waals surface area (Å²) in [5.41, 5.74) is 0. The van der Waals surface area contributed by atoms with Gasteiger partial charge in [0.05, 0.1) is 0 Å². The fraction of sp³-hybridized carbons (Fsp3) is 1.00. The van der Waals surface area contributed by atoms with E-state index in [0.29, 0.717) is 0 Å². The molecule has 0 aromatic rings. The van der Waals surface area contributed by atoms with Crippen LogP contribution in [0, 0.1) is 11.8 Å². The maximum Gasteiger partial charge on any atom is 0.0198 e. The van der Waals surface area contributed by atoms with Gasteiger partial charge < -0.3 is 5.32 Å². The maximum absolute atomic E-state index is 3.70. The fourth-order valence-electron chi connectivity index (χ4n) is 3.83. The van der Waals surface area contributed by atoms with Gasteiger partial charge in [0.25, 0.3) is 0 Å². The van der Waals surface area contributed by atoms with E-state index < -0.39 is 0 Å². The molecule has 1 unspecified atom stereocenters. The van der Waals surface area contributed by atoms with Crippen LogP contribution in [-0.2, 0) is 0 Å². The minimum absolute atomic E-state index is 0.739. The van der Waals surface area contributed by atoms with Gasteiger partial charge >= 0.3 is 0 Å². The summed E-state index contributed by atoms with van der Waals surface area (Å²) >= 11 is 0. The van der Waals surface area contributed by atoms with Gasteiger partial charge in [-0.1, -0.05) is 27.2 Å². The molecule has 1 aliphatic heterocycles. The van der Waals surface area contributed by atoms with Crippen molar-refractivity contribution in [2.75, 3.05) is 19.6 Å². The van der Waals surface area contributed by atoms with Crippen molar-refractivity contribution >= 4 is 0 Å². The van der Waals surface area contributed by atoms with E-state index in [1.54, 1.807) is 0 Å². The minimum atomic E-state index is 0.739. The summed E-state index contributed by atoms with van der Waals surface area (Å²) in [6.07, 6.45) is 8.57. The molecule has 1 heterocycles. The molecule has 0 spiro atoms. The zero-order valence-electron chi connectivity index (χ0n) is 12.6. The van der Waals surface area contributed by atoms with Crippen LogP contribution in [0.4, 0.5) is 0 Å². The van der Waals surface area contributed by atoms with Gasteiger partial charge in [0, 0.05) is 31.7 Å². The Hall–Kier alpha value is -0.0800. The van der Waals surface area contributed by atoms with Crippen molar-refractivity contribution < 1.29 is 0 Å². The highest BCUT2D eigenvalue weighted by Crippen LogP contribution is 2.30. The predicted molar refractivity (Wildman–Crippen MR) is 78.9 cm³/mol. The smallest absolute Gasteiger partial charge is 0.0198 e. The number of piperazine rings is 1. The number of nitrogens with one attached hydrogen (secondary N) is 1. The summed E-state index contributed by atoms with van der Waals surface area (Å²) < 4.78 is 0. The second kappa shape index (κ2) is 6.91. The number of hydrogen-bond acceptors (Lipinski definition) is 2. The zero-order valence-corrected chi connectivity index (χ0v) is 12.6. The molecule has 1 saturated heterocycles. The first-order valence-corrected chi connectivity index (χ1v) is 8.16. The average molecular weight is 252 g/mol. The Bertz CT molecular complexity index is 231. The van der Waals surface area contributed by atoms with E-state index in [-0.39, 0.29) is 0 Å². The van der Waals surface area contributed by atoms with Crippen LogP contribution in [0.1, 0.15) is 59.3 Å². The summed E-state index contributed by atoms with van der Waals surface area (Å²) in [6.45, 7) is 10.8. The van der Waals surface area contributed by atoms with Gasteiger partial charge in [0.15, 0.2) is 0 Å². The van der Waals surface area contributed by atoms with Crippen molar-refractivity contribution in [1.82, 2.24) is 10.2 Å². The molecular weight excluding hydrogens is 220 g/mol. The molecule has 2 rings (SSSR count). The van der Waals surface area contributed by atoms with Crippen molar-refractivity contribution in [2.24, 2.45) is 11.8 Å². The largest absolute Gasteiger partial charge is 0.311 e. The van der Waals surface area contributed by atoms with E-state index in [0.717, 1.165) is 23.9 Å². The first kappa shape index (κ1) is 14.3. The SMILES string of the molecule is CCC1CCC(N2CCNC(CC(C)C)C2)CC1. The minimum Gasteiger partial charge on any atom is -0.311 e. The number of hydrogen-bond donors (Lipinski definition) is 1. The molecule has 18 heavy (non-hydrogen) atoms. The zero-order chi connectivity index (χ0) is 13.0. The van der Waals surface area contributed by atoms with Crippen molar-refractivity contribution in [1.29, 1.82) is 0 Å². The van der Waals surface area contributed by atoms with Crippen LogP contribution < -0.4 is 5.32 Å². The number of nitrogens with zero attached hydrogens (tertiary/aromatic N) is 1. The lowest BCUT2D eigenvalue weighted by molar-refractivity contribution is 0.0961. The molecule has 0 amide bonds. The Balaban J connectivity index is 1.78. The highest BCUT2D eigenvalue weighted by molar-refractivity contribution is 4.86. The fourth-order valence-corrected chi connectivity index (χ4v) is 3.83. The van der Waals surface area contributed by atoms with Crippen molar-refractivity contribution in [3.63, 3.8) is 0 Å². The van der Waals surface area contributed by atoms with Crippen molar-refractivity contribution in [3.05, 3.63) is 0 Å². The third kappa shape index (κ3) is 3.96. The molecular formula is C16H32N2. The van der Waals surface area contributed by atoms with E-state index in [4.69, 9.17) is 0 Å². The van der Waals surface area contributed by atoms with Gasteiger partial charge in [-0.3, -0.25) is 4.90 Å². The van der Waals surface area contributed by atoms with E-state index in [2.05, 4.69) is 31.0 Å². The van der Waals surface area contributed by atoms with Crippen molar-refractivity contribution in [3.8, 4) is 0 Å². The Morgan fingerprint density at radius 3 is 2.50 bits per heavy atom. The average Bonchev–Trinajstić information content (AvgIpc) is 2.38. The van der Waals surface area contributed by atoms with Crippen LogP contribution in [0.25, 0.3) is 0 Å². The first-order valence-electron chi connectivity index (χ1n) is 8.16. The second-order valence-electron chi connectivity index (χ2n) is 6.86. The molecule has 1 N–H and O–H groups in total. The maximum atomic E-state index is 3.70. The van der Waals surface area contributed by atoms with Gasteiger partial charge in [-0.25, -0.2) is 0 Å². The lowest BCUT2D eigenvalue weighted by atomic mass is 9.83. The highest BCUT2D eigenvalue weighted by Gasteiger charge is 2.28. The summed E-state index contributed by atoms with van der Waals surface area (Å²) in [6, 6.07) is 1.63. The second-order valence-corrected chi connectivity index (χ2v) is 6.86. The van der Waals surface area contributed by atoms with E-state index in [1.165, 1.54) is 58.2 Å². The monoisotopic (exact) mass is 252 g/mol.